The third kappa shape index (κ3) is 4.60. The average molecular weight is 439 g/mol. The molecule has 4 rings (SSSR count). The predicted octanol–water partition coefficient (Wildman–Crippen LogP) is 2.53. The highest BCUT2D eigenvalue weighted by Gasteiger charge is 2.30. The quantitative estimate of drug-likeness (QED) is 0.572. The number of carbonyl (C=O) groups is 2. The first-order valence-corrected chi connectivity index (χ1v) is 11.4. The number of benzene rings is 3. The fourth-order valence-corrected chi connectivity index (χ4v) is 4.99. The third-order valence-corrected chi connectivity index (χ3v) is 7.18. The highest BCUT2D eigenvalue weighted by molar-refractivity contribution is 7.89. The molecule has 0 atom stereocenters. The normalized spacial score (nSPS) is 15.0. The topological polar surface area (TPSA) is 84.0 Å². The van der Waals surface area contributed by atoms with Crippen molar-refractivity contribution in [1.29, 1.82) is 0 Å². The molecular weight excluding hydrogens is 416 g/mol. The Morgan fingerprint density at radius 2 is 1.45 bits per heavy atom. The highest BCUT2D eigenvalue weighted by atomic mass is 32.2. The summed E-state index contributed by atoms with van der Waals surface area (Å²) >= 11 is 0. The summed E-state index contributed by atoms with van der Waals surface area (Å²) in [7, 11) is -3.65. The number of amides is 1. The Bertz CT molecular complexity index is 1200. The van der Waals surface area contributed by atoms with E-state index in [1.165, 1.54) is 9.21 Å². The van der Waals surface area contributed by atoms with Gasteiger partial charge in [0.2, 0.25) is 10.0 Å². The number of rotatable bonds is 5. The molecule has 0 radical (unpaired) electrons. The van der Waals surface area contributed by atoms with Gasteiger partial charge in [0, 0.05) is 26.2 Å². The standard InChI is InChI=1S/C23H22N2O5S/c26-22(17-30-23(27)19-7-2-1-3-8-19)24-12-14-25(15-13-24)31(28,29)21-11-10-18-6-4-5-9-20(18)16-21/h1-11,16H,12-15,17H2. The molecule has 1 aliphatic heterocycles. The zero-order valence-corrected chi connectivity index (χ0v) is 17.6. The summed E-state index contributed by atoms with van der Waals surface area (Å²) in [4.78, 5) is 26.1. The summed E-state index contributed by atoms with van der Waals surface area (Å²) in [6.07, 6.45) is 0. The van der Waals surface area contributed by atoms with Crippen LogP contribution in [0.25, 0.3) is 10.8 Å². The van der Waals surface area contributed by atoms with E-state index in [2.05, 4.69) is 0 Å². The van der Waals surface area contributed by atoms with E-state index in [-0.39, 0.29) is 43.6 Å². The van der Waals surface area contributed by atoms with Crippen LogP contribution >= 0.6 is 0 Å². The van der Waals surface area contributed by atoms with Crippen LogP contribution in [-0.2, 0) is 19.6 Å². The van der Waals surface area contributed by atoms with E-state index in [1.807, 2.05) is 24.3 Å². The molecule has 8 heteroatoms. The molecule has 0 aromatic heterocycles. The first kappa shape index (κ1) is 21.0. The Morgan fingerprint density at radius 1 is 0.806 bits per heavy atom. The van der Waals surface area contributed by atoms with Crippen LogP contribution in [0.15, 0.2) is 77.7 Å². The molecule has 3 aromatic carbocycles. The Labute approximate surface area is 180 Å². The third-order valence-electron chi connectivity index (χ3n) is 5.29. The zero-order valence-electron chi connectivity index (χ0n) is 16.8. The maximum absolute atomic E-state index is 13.0. The molecule has 1 fully saturated rings. The molecule has 0 saturated carbocycles. The summed E-state index contributed by atoms with van der Waals surface area (Å²) in [6.45, 7) is 0.495. The smallest absolute Gasteiger partial charge is 0.338 e. The van der Waals surface area contributed by atoms with Gasteiger partial charge in [-0.2, -0.15) is 4.31 Å². The fraction of sp³-hybridized carbons (Fsp3) is 0.217. The summed E-state index contributed by atoms with van der Waals surface area (Å²) in [6, 6.07) is 21.1. The van der Waals surface area contributed by atoms with Gasteiger partial charge in [0.25, 0.3) is 5.91 Å². The fourth-order valence-electron chi connectivity index (χ4n) is 3.53. The number of nitrogens with zero attached hydrogens (tertiary/aromatic N) is 2. The lowest BCUT2D eigenvalue weighted by atomic mass is 10.1. The predicted molar refractivity (Wildman–Crippen MR) is 116 cm³/mol. The van der Waals surface area contributed by atoms with Gasteiger partial charge in [-0.1, -0.05) is 48.5 Å². The number of hydrogen-bond acceptors (Lipinski definition) is 5. The molecule has 1 amide bonds. The van der Waals surface area contributed by atoms with Crippen LogP contribution in [0.1, 0.15) is 10.4 Å². The number of carbonyl (C=O) groups excluding carboxylic acids is 2. The summed E-state index contributed by atoms with van der Waals surface area (Å²) in [5.41, 5.74) is 0.376. The molecule has 1 aliphatic rings. The minimum Gasteiger partial charge on any atom is -0.452 e. The lowest BCUT2D eigenvalue weighted by Crippen LogP contribution is -2.51. The van der Waals surface area contributed by atoms with Gasteiger partial charge in [-0.15, -0.1) is 0 Å². The van der Waals surface area contributed by atoms with Gasteiger partial charge in [0.15, 0.2) is 6.61 Å². The second kappa shape index (κ2) is 8.87. The number of fused-ring (bicyclic) bond motifs is 1. The Balaban J connectivity index is 1.35. The van der Waals surface area contributed by atoms with Gasteiger partial charge in [-0.25, -0.2) is 13.2 Å². The molecule has 31 heavy (non-hydrogen) atoms. The van der Waals surface area contributed by atoms with Crippen LogP contribution in [0.2, 0.25) is 0 Å². The molecule has 0 N–H and O–H groups in total. The molecule has 3 aromatic rings. The summed E-state index contributed by atoms with van der Waals surface area (Å²) in [5, 5.41) is 1.83. The largest absolute Gasteiger partial charge is 0.452 e. The first-order valence-electron chi connectivity index (χ1n) is 9.94. The van der Waals surface area contributed by atoms with Gasteiger partial charge in [-0.05, 0) is 35.0 Å². The Morgan fingerprint density at radius 3 is 2.16 bits per heavy atom. The van der Waals surface area contributed by atoms with Crippen molar-refractivity contribution < 1.29 is 22.7 Å². The summed E-state index contributed by atoms with van der Waals surface area (Å²) in [5.74, 6) is -0.904. The van der Waals surface area contributed by atoms with Crippen molar-refractivity contribution in [2.24, 2.45) is 0 Å². The second-order valence-electron chi connectivity index (χ2n) is 7.24. The van der Waals surface area contributed by atoms with E-state index in [0.29, 0.717) is 5.56 Å². The van der Waals surface area contributed by atoms with Crippen molar-refractivity contribution in [3.8, 4) is 0 Å². The van der Waals surface area contributed by atoms with Crippen LogP contribution in [0.5, 0.6) is 0 Å². The van der Waals surface area contributed by atoms with Gasteiger partial charge in [-0.3, -0.25) is 4.79 Å². The molecular formula is C23H22N2O5S. The number of esters is 1. The number of piperazine rings is 1. The van der Waals surface area contributed by atoms with E-state index in [9.17, 15) is 18.0 Å². The SMILES string of the molecule is O=C(OCC(=O)N1CCN(S(=O)(=O)c2ccc3ccccc3c2)CC1)c1ccccc1. The molecule has 0 unspecified atom stereocenters. The number of ether oxygens (including phenoxy) is 1. The van der Waals surface area contributed by atoms with E-state index in [1.54, 1.807) is 48.5 Å². The molecule has 0 bridgehead atoms. The van der Waals surface area contributed by atoms with Crippen molar-refractivity contribution in [2.45, 2.75) is 4.90 Å². The van der Waals surface area contributed by atoms with Gasteiger partial charge in [0.05, 0.1) is 10.5 Å². The maximum atomic E-state index is 13.0. The molecule has 0 spiro atoms. The Kier molecular flexibility index (Phi) is 6.01. The molecule has 1 heterocycles. The van der Waals surface area contributed by atoms with Crippen molar-refractivity contribution in [3.63, 3.8) is 0 Å². The lowest BCUT2D eigenvalue weighted by molar-refractivity contribution is -0.135. The second-order valence-corrected chi connectivity index (χ2v) is 9.17. The van der Waals surface area contributed by atoms with Gasteiger partial charge >= 0.3 is 5.97 Å². The van der Waals surface area contributed by atoms with Crippen molar-refractivity contribution in [1.82, 2.24) is 9.21 Å². The van der Waals surface area contributed by atoms with Crippen molar-refractivity contribution in [3.05, 3.63) is 78.4 Å². The minimum atomic E-state index is -3.65. The highest BCUT2D eigenvalue weighted by Crippen LogP contribution is 2.23. The molecule has 7 nitrogen and oxygen atoms in total. The van der Waals surface area contributed by atoms with Crippen LogP contribution in [0, 0.1) is 0 Å². The first-order chi connectivity index (χ1) is 14.9. The maximum Gasteiger partial charge on any atom is 0.338 e. The zero-order chi connectivity index (χ0) is 21.8. The van der Waals surface area contributed by atoms with Crippen LogP contribution in [0.3, 0.4) is 0 Å². The number of sulfonamides is 1. The molecule has 1 saturated heterocycles. The summed E-state index contributed by atoms with van der Waals surface area (Å²) < 4.78 is 32.5. The average Bonchev–Trinajstić information content (AvgIpc) is 2.82. The van der Waals surface area contributed by atoms with Crippen LogP contribution in [-0.4, -0.2) is 62.3 Å². The van der Waals surface area contributed by atoms with Crippen LogP contribution < -0.4 is 0 Å². The lowest BCUT2D eigenvalue weighted by Gasteiger charge is -2.33. The van der Waals surface area contributed by atoms with Crippen molar-refractivity contribution in [2.75, 3.05) is 32.8 Å². The van der Waals surface area contributed by atoms with E-state index in [0.717, 1.165) is 10.8 Å². The van der Waals surface area contributed by atoms with Gasteiger partial charge < -0.3 is 9.64 Å². The monoisotopic (exact) mass is 438 g/mol. The molecule has 0 aliphatic carbocycles. The van der Waals surface area contributed by atoms with Crippen LogP contribution in [0.4, 0.5) is 0 Å². The van der Waals surface area contributed by atoms with Gasteiger partial charge in [0.1, 0.15) is 0 Å². The molecule has 160 valence electrons. The van der Waals surface area contributed by atoms with Crippen molar-refractivity contribution >= 4 is 32.7 Å². The minimum absolute atomic E-state index is 0.188. The Hall–Kier alpha value is -3.23. The van der Waals surface area contributed by atoms with E-state index in [4.69, 9.17) is 4.74 Å². The van der Waals surface area contributed by atoms with E-state index >= 15 is 0 Å². The number of hydrogen-bond donors (Lipinski definition) is 0. The van der Waals surface area contributed by atoms with E-state index < -0.39 is 16.0 Å².